The number of nitrogens with two attached hydrogens (primary N) is 1. The van der Waals surface area contributed by atoms with Crippen molar-refractivity contribution in [1.82, 2.24) is 4.67 Å². The van der Waals surface area contributed by atoms with Gasteiger partial charge in [-0.05, 0) is 38.1 Å². The van der Waals surface area contributed by atoms with Crippen molar-refractivity contribution in [3.8, 4) is 11.5 Å². The van der Waals surface area contributed by atoms with Crippen LogP contribution >= 0.6 is 7.75 Å². The zero-order valence-electron chi connectivity index (χ0n) is 16.2. The molecule has 0 spiro atoms. The molecule has 2 aliphatic heterocycles. The molecule has 7 heteroatoms. The lowest BCUT2D eigenvalue weighted by molar-refractivity contribution is -0.681. The summed E-state index contributed by atoms with van der Waals surface area (Å²) in [6, 6.07) is 18.1. The number of carbonyl (C=O) groups is 1. The third kappa shape index (κ3) is 3.48. The van der Waals surface area contributed by atoms with Crippen molar-refractivity contribution in [2.24, 2.45) is 10.8 Å². The molecule has 2 fully saturated rings. The number of Topliss-reactive ketones (excluding diaryl/α,β-unsaturated/α-hetero) is 1. The van der Waals surface area contributed by atoms with Crippen LogP contribution in [-0.2, 0) is 9.36 Å². The van der Waals surface area contributed by atoms with Crippen molar-refractivity contribution in [1.29, 1.82) is 0 Å². The van der Waals surface area contributed by atoms with Gasteiger partial charge in [0.25, 0.3) is 0 Å². The van der Waals surface area contributed by atoms with Crippen molar-refractivity contribution in [2.75, 3.05) is 26.2 Å². The first-order valence-electron chi connectivity index (χ1n) is 9.54. The zero-order valence-corrected chi connectivity index (χ0v) is 17.1. The Hall–Kier alpha value is -2.14. The van der Waals surface area contributed by atoms with Gasteiger partial charge in [-0.3, -0.25) is 4.79 Å². The molecule has 4 rings (SSSR count). The van der Waals surface area contributed by atoms with E-state index in [1.807, 2.05) is 50.2 Å². The summed E-state index contributed by atoms with van der Waals surface area (Å²) in [7, 11) is -3.74. The number of fused-ring (bicyclic) bond motifs is 2. The Labute approximate surface area is 165 Å². The molecule has 0 radical (unpaired) electrons. The monoisotopic (exact) mass is 401 g/mol. The van der Waals surface area contributed by atoms with Gasteiger partial charge in [-0.25, -0.2) is 4.57 Å². The molecule has 2 bridgehead atoms. The molecule has 2 N–H and O–H groups in total. The molecule has 28 heavy (non-hydrogen) atoms. The van der Waals surface area contributed by atoms with Crippen LogP contribution in [0.5, 0.6) is 11.5 Å². The third-order valence-electron chi connectivity index (χ3n) is 5.62. The number of para-hydroxylation sites is 2. The molecule has 2 aliphatic rings. The number of nitrogens with zero attached hydrogens (tertiary/aromatic N) is 1. The lowest BCUT2D eigenvalue weighted by Gasteiger charge is -2.50. The predicted octanol–water partition coefficient (Wildman–Crippen LogP) is 2.73. The van der Waals surface area contributed by atoms with E-state index in [1.54, 1.807) is 28.9 Å². The largest absolute Gasteiger partial charge is 0.515 e. The van der Waals surface area contributed by atoms with Crippen molar-refractivity contribution < 1.29 is 23.7 Å². The summed E-state index contributed by atoms with van der Waals surface area (Å²) < 4.78 is 27.8. The maximum absolute atomic E-state index is 14.1. The average Bonchev–Trinajstić information content (AvgIpc) is 2.66. The normalized spacial score (nSPS) is 28.0. The molecular formula is C21H26N2O4P+. The van der Waals surface area contributed by atoms with E-state index in [9.17, 15) is 9.36 Å². The number of quaternary nitrogens is 1. The number of carbonyl (C=O) groups excluding carboxylic acids is 1. The molecule has 2 aromatic rings. The average molecular weight is 401 g/mol. The Balaban J connectivity index is 1.71. The van der Waals surface area contributed by atoms with Crippen LogP contribution in [0.3, 0.4) is 0 Å². The first-order valence-corrected chi connectivity index (χ1v) is 11.0. The minimum atomic E-state index is -3.74. The van der Waals surface area contributed by atoms with Gasteiger partial charge in [0.2, 0.25) is 0 Å². The molecule has 2 heterocycles. The van der Waals surface area contributed by atoms with Gasteiger partial charge >= 0.3 is 7.75 Å². The van der Waals surface area contributed by atoms with Crippen molar-refractivity contribution in [3.05, 3.63) is 60.7 Å². The topological polar surface area (TPSA) is 72.5 Å². The highest BCUT2D eigenvalue weighted by Gasteiger charge is 2.60. The fourth-order valence-electron chi connectivity index (χ4n) is 4.29. The van der Waals surface area contributed by atoms with E-state index in [-0.39, 0.29) is 5.78 Å². The first kappa shape index (κ1) is 19.2. The molecule has 148 valence electrons. The number of piperidine rings is 2. The van der Waals surface area contributed by atoms with Gasteiger partial charge in [0.15, 0.2) is 5.78 Å². The molecule has 0 aromatic heterocycles. The SMILES string of the molecule is C[C@@]12C[NH2+]C[C@](C)(CN(P(=O)(Oc3ccccc3)Oc3ccccc3)C1)C2=O. The smallest absolute Gasteiger partial charge is 0.404 e. The van der Waals surface area contributed by atoms with Gasteiger partial charge in [-0.1, -0.05) is 36.4 Å². The minimum absolute atomic E-state index is 0.240. The lowest BCUT2D eigenvalue weighted by atomic mass is 9.66. The van der Waals surface area contributed by atoms with E-state index >= 15 is 0 Å². The highest BCUT2D eigenvalue weighted by molar-refractivity contribution is 7.52. The van der Waals surface area contributed by atoms with Gasteiger partial charge < -0.3 is 14.4 Å². The summed E-state index contributed by atoms with van der Waals surface area (Å²) in [5.41, 5.74) is -1.16. The van der Waals surface area contributed by atoms with Gasteiger partial charge in [0.1, 0.15) is 11.5 Å². The van der Waals surface area contributed by atoms with Crippen LogP contribution in [0.1, 0.15) is 13.8 Å². The third-order valence-corrected chi connectivity index (χ3v) is 7.48. The second-order valence-electron chi connectivity index (χ2n) is 8.25. The van der Waals surface area contributed by atoms with Crippen LogP contribution in [0, 0.1) is 10.8 Å². The summed E-state index contributed by atoms with van der Waals surface area (Å²) in [5.74, 6) is 1.20. The number of benzene rings is 2. The van der Waals surface area contributed by atoms with Crippen LogP contribution in [-0.4, -0.2) is 36.6 Å². The van der Waals surface area contributed by atoms with Gasteiger partial charge in [0, 0.05) is 13.1 Å². The van der Waals surface area contributed by atoms with Crippen LogP contribution in [0.15, 0.2) is 60.7 Å². The number of hydrogen-bond donors (Lipinski definition) is 1. The van der Waals surface area contributed by atoms with Gasteiger partial charge in [0.05, 0.1) is 23.9 Å². The number of rotatable bonds is 5. The highest BCUT2D eigenvalue weighted by atomic mass is 31.2. The second kappa shape index (κ2) is 7.03. The molecule has 0 saturated carbocycles. The van der Waals surface area contributed by atoms with Crippen LogP contribution in [0.25, 0.3) is 0 Å². The van der Waals surface area contributed by atoms with Gasteiger partial charge in [-0.15, -0.1) is 0 Å². The van der Waals surface area contributed by atoms with Crippen LogP contribution < -0.4 is 14.4 Å². The van der Waals surface area contributed by atoms with E-state index < -0.39 is 18.6 Å². The maximum atomic E-state index is 14.1. The lowest BCUT2D eigenvalue weighted by Crippen LogP contribution is -2.96. The minimum Gasteiger partial charge on any atom is -0.404 e. The molecule has 0 unspecified atom stereocenters. The highest BCUT2D eigenvalue weighted by Crippen LogP contribution is 2.56. The summed E-state index contributed by atoms with van der Waals surface area (Å²) in [6.45, 7) is 5.93. The molecule has 0 amide bonds. The Morgan fingerprint density at radius 2 is 1.29 bits per heavy atom. The molecule has 2 atom stereocenters. The van der Waals surface area contributed by atoms with E-state index in [0.717, 1.165) is 0 Å². The Morgan fingerprint density at radius 1 is 0.857 bits per heavy atom. The van der Waals surface area contributed by atoms with Crippen LogP contribution in [0.2, 0.25) is 0 Å². The summed E-state index contributed by atoms with van der Waals surface area (Å²) >= 11 is 0. The fourth-order valence-corrected chi connectivity index (χ4v) is 6.31. The summed E-state index contributed by atoms with van der Waals surface area (Å²) in [5, 5.41) is 2.18. The van der Waals surface area contributed by atoms with E-state index in [0.29, 0.717) is 37.7 Å². The van der Waals surface area contributed by atoms with Gasteiger partial charge in [-0.2, -0.15) is 4.67 Å². The van der Waals surface area contributed by atoms with Crippen molar-refractivity contribution >= 4 is 13.5 Å². The Morgan fingerprint density at radius 3 is 1.71 bits per heavy atom. The van der Waals surface area contributed by atoms with E-state index in [1.165, 1.54) is 0 Å². The van der Waals surface area contributed by atoms with E-state index in [2.05, 4.69) is 5.32 Å². The zero-order chi connectivity index (χ0) is 19.8. The number of ketones is 1. The van der Waals surface area contributed by atoms with Crippen molar-refractivity contribution in [2.45, 2.75) is 13.8 Å². The number of hydrogen-bond acceptors (Lipinski definition) is 4. The Bertz CT molecular complexity index is 840. The standard InChI is InChI=1S/C21H25N2O4P/c1-20-13-22-14-21(2,19(20)24)16-23(15-20)28(25,26-17-9-5-3-6-10-17)27-18-11-7-4-8-12-18/h3-12,22H,13-16H2,1-2H3/p+1/t20-,21-/m1/s1. The fraction of sp³-hybridized carbons (Fsp3) is 0.381. The molecule has 0 aliphatic carbocycles. The first-order chi connectivity index (χ1) is 13.3. The quantitative estimate of drug-likeness (QED) is 0.780. The Kier molecular flexibility index (Phi) is 4.82. The molecular weight excluding hydrogens is 375 g/mol. The van der Waals surface area contributed by atoms with Crippen molar-refractivity contribution in [3.63, 3.8) is 0 Å². The molecule has 2 saturated heterocycles. The van der Waals surface area contributed by atoms with Crippen LogP contribution in [0.4, 0.5) is 0 Å². The molecule has 6 nitrogen and oxygen atoms in total. The summed E-state index contributed by atoms with van der Waals surface area (Å²) in [6.07, 6.45) is 0. The van der Waals surface area contributed by atoms with E-state index in [4.69, 9.17) is 9.05 Å². The maximum Gasteiger partial charge on any atom is 0.515 e. The molecule has 2 aromatic carbocycles. The second-order valence-corrected chi connectivity index (χ2v) is 10.1. The summed E-state index contributed by atoms with van der Waals surface area (Å²) in [4.78, 5) is 13.0. The predicted molar refractivity (Wildman–Crippen MR) is 106 cm³/mol.